The Labute approximate surface area is 101 Å². The van der Waals surface area contributed by atoms with Gasteiger partial charge in [0.2, 0.25) is 0 Å². The Morgan fingerprint density at radius 3 is 2.53 bits per heavy atom. The van der Waals surface area contributed by atoms with Crippen LogP contribution >= 0.6 is 0 Å². The number of carbonyl (C=O) groups is 1. The summed E-state index contributed by atoms with van der Waals surface area (Å²) in [5.41, 5.74) is 1.99. The lowest BCUT2D eigenvalue weighted by Crippen LogP contribution is -2.21. The molecule has 1 aromatic rings. The third kappa shape index (κ3) is 5.29. The number of aliphatic hydroxyl groups is 1. The van der Waals surface area contributed by atoms with Gasteiger partial charge in [0, 0.05) is 19.2 Å². The maximum atomic E-state index is 10.3. The number of benzene rings is 1. The van der Waals surface area contributed by atoms with Crippen LogP contribution in [0, 0.1) is 0 Å². The second kappa shape index (κ2) is 6.83. The lowest BCUT2D eigenvalue weighted by Gasteiger charge is -2.14. The number of carboxylic acid groups (broad SMARTS) is 1. The molecule has 0 amide bonds. The molecule has 0 fully saturated rings. The van der Waals surface area contributed by atoms with Gasteiger partial charge in [-0.3, -0.25) is 4.90 Å². The Balaban J connectivity index is 2.58. The van der Waals surface area contributed by atoms with Gasteiger partial charge >= 0.3 is 5.97 Å². The van der Waals surface area contributed by atoms with Crippen molar-refractivity contribution in [2.24, 2.45) is 0 Å². The highest BCUT2D eigenvalue weighted by Crippen LogP contribution is 2.08. The molecule has 92 valence electrons. The van der Waals surface area contributed by atoms with Crippen LogP contribution in [0.1, 0.15) is 11.1 Å². The molecule has 0 spiro atoms. The van der Waals surface area contributed by atoms with Crippen molar-refractivity contribution in [3.63, 3.8) is 0 Å². The molecule has 0 saturated carbocycles. The number of aliphatic hydroxyl groups excluding tert-OH is 1. The van der Waals surface area contributed by atoms with Gasteiger partial charge in [-0.15, -0.1) is 0 Å². The maximum Gasteiger partial charge on any atom is 0.328 e. The molecule has 1 aromatic carbocycles. The van der Waals surface area contributed by atoms with Crippen molar-refractivity contribution < 1.29 is 15.0 Å². The van der Waals surface area contributed by atoms with E-state index in [9.17, 15) is 4.79 Å². The predicted octanol–water partition coefficient (Wildman–Crippen LogP) is 1.21. The Morgan fingerprint density at radius 2 is 2.00 bits per heavy atom. The van der Waals surface area contributed by atoms with Crippen LogP contribution in [0.3, 0.4) is 0 Å². The highest BCUT2D eigenvalue weighted by molar-refractivity contribution is 5.85. The fourth-order valence-corrected chi connectivity index (χ4v) is 1.46. The normalized spacial score (nSPS) is 11.2. The first-order valence-electron chi connectivity index (χ1n) is 5.41. The monoisotopic (exact) mass is 235 g/mol. The van der Waals surface area contributed by atoms with Gasteiger partial charge < -0.3 is 10.2 Å². The summed E-state index contributed by atoms with van der Waals surface area (Å²) in [5, 5.41) is 17.3. The van der Waals surface area contributed by atoms with Crippen molar-refractivity contribution in [2.75, 3.05) is 20.2 Å². The van der Waals surface area contributed by atoms with Crippen molar-refractivity contribution in [2.45, 2.75) is 6.54 Å². The first-order valence-corrected chi connectivity index (χ1v) is 5.41. The SMILES string of the molecule is CN(CCO)Cc1ccc(C=CC(=O)O)cc1. The molecule has 2 N–H and O–H groups in total. The smallest absolute Gasteiger partial charge is 0.328 e. The largest absolute Gasteiger partial charge is 0.478 e. The maximum absolute atomic E-state index is 10.3. The number of aliphatic carboxylic acids is 1. The highest BCUT2D eigenvalue weighted by Gasteiger charge is 1.99. The molecule has 4 heteroatoms. The van der Waals surface area contributed by atoms with Gasteiger partial charge in [0.25, 0.3) is 0 Å². The minimum absolute atomic E-state index is 0.149. The molecular weight excluding hydrogens is 218 g/mol. The molecule has 0 aliphatic rings. The molecule has 4 nitrogen and oxygen atoms in total. The third-order valence-corrected chi connectivity index (χ3v) is 2.33. The lowest BCUT2D eigenvalue weighted by atomic mass is 10.1. The predicted molar refractivity (Wildman–Crippen MR) is 66.5 cm³/mol. The van der Waals surface area contributed by atoms with Crippen LogP contribution in [-0.2, 0) is 11.3 Å². The summed E-state index contributed by atoms with van der Waals surface area (Å²) in [6.45, 7) is 1.56. The van der Waals surface area contributed by atoms with E-state index in [0.717, 1.165) is 23.7 Å². The van der Waals surface area contributed by atoms with E-state index in [4.69, 9.17) is 10.2 Å². The average Bonchev–Trinajstić information content (AvgIpc) is 2.28. The van der Waals surface area contributed by atoms with E-state index in [2.05, 4.69) is 0 Å². The Kier molecular flexibility index (Phi) is 5.39. The number of likely N-dealkylation sites (N-methyl/N-ethyl adjacent to an activating group) is 1. The summed E-state index contributed by atoms with van der Waals surface area (Å²) in [4.78, 5) is 12.4. The van der Waals surface area contributed by atoms with Gasteiger partial charge in [-0.1, -0.05) is 24.3 Å². The molecule has 0 bridgehead atoms. The molecule has 0 radical (unpaired) electrons. The van der Waals surface area contributed by atoms with Gasteiger partial charge in [0.05, 0.1) is 6.61 Å². The highest BCUT2D eigenvalue weighted by atomic mass is 16.4. The minimum Gasteiger partial charge on any atom is -0.478 e. The van der Waals surface area contributed by atoms with E-state index in [0.29, 0.717) is 6.54 Å². The first-order chi connectivity index (χ1) is 8.11. The lowest BCUT2D eigenvalue weighted by molar-refractivity contribution is -0.131. The van der Waals surface area contributed by atoms with E-state index >= 15 is 0 Å². The summed E-state index contributed by atoms with van der Waals surface area (Å²) in [5.74, 6) is -0.947. The summed E-state index contributed by atoms with van der Waals surface area (Å²) in [6, 6.07) is 7.66. The van der Waals surface area contributed by atoms with Gasteiger partial charge in [-0.05, 0) is 24.3 Å². The van der Waals surface area contributed by atoms with Crippen LogP contribution in [0.5, 0.6) is 0 Å². The second-order valence-electron chi connectivity index (χ2n) is 3.87. The van der Waals surface area contributed by atoms with E-state index in [1.54, 1.807) is 6.08 Å². The topological polar surface area (TPSA) is 60.8 Å². The average molecular weight is 235 g/mol. The fraction of sp³-hybridized carbons (Fsp3) is 0.308. The quantitative estimate of drug-likeness (QED) is 0.728. The van der Waals surface area contributed by atoms with Gasteiger partial charge in [0.1, 0.15) is 0 Å². The molecule has 0 aliphatic carbocycles. The van der Waals surface area contributed by atoms with E-state index in [1.165, 1.54) is 0 Å². The molecule has 0 heterocycles. The van der Waals surface area contributed by atoms with Crippen molar-refractivity contribution in [3.8, 4) is 0 Å². The second-order valence-corrected chi connectivity index (χ2v) is 3.87. The molecule has 0 aliphatic heterocycles. The van der Waals surface area contributed by atoms with Crippen molar-refractivity contribution in [1.29, 1.82) is 0 Å². The van der Waals surface area contributed by atoms with Crippen molar-refractivity contribution in [1.82, 2.24) is 4.90 Å². The van der Waals surface area contributed by atoms with E-state index < -0.39 is 5.97 Å². The zero-order valence-electron chi connectivity index (χ0n) is 9.84. The van der Waals surface area contributed by atoms with Crippen LogP contribution < -0.4 is 0 Å². The minimum atomic E-state index is -0.947. The van der Waals surface area contributed by atoms with Crippen LogP contribution in [-0.4, -0.2) is 41.3 Å². The Bertz CT molecular complexity index is 384. The third-order valence-electron chi connectivity index (χ3n) is 2.33. The van der Waals surface area contributed by atoms with Gasteiger partial charge in [-0.2, -0.15) is 0 Å². The van der Waals surface area contributed by atoms with Crippen molar-refractivity contribution >= 4 is 12.0 Å². The van der Waals surface area contributed by atoms with E-state index in [-0.39, 0.29) is 6.61 Å². The summed E-state index contributed by atoms with van der Waals surface area (Å²) >= 11 is 0. The molecule has 1 rings (SSSR count). The Hall–Kier alpha value is -1.65. The number of rotatable bonds is 6. The standard InChI is InChI=1S/C13H17NO3/c1-14(8-9-15)10-12-4-2-11(3-5-12)6-7-13(16)17/h2-7,15H,8-10H2,1H3,(H,16,17). The fourth-order valence-electron chi connectivity index (χ4n) is 1.46. The van der Waals surface area contributed by atoms with Gasteiger partial charge in [-0.25, -0.2) is 4.79 Å². The molecule has 0 saturated heterocycles. The number of hydrogen-bond acceptors (Lipinski definition) is 3. The zero-order valence-corrected chi connectivity index (χ0v) is 9.84. The number of carboxylic acids is 1. The molecule has 17 heavy (non-hydrogen) atoms. The molecule has 0 aromatic heterocycles. The molecular formula is C13H17NO3. The van der Waals surface area contributed by atoms with Crippen molar-refractivity contribution in [3.05, 3.63) is 41.5 Å². The molecule has 0 unspecified atom stereocenters. The van der Waals surface area contributed by atoms with Crippen LogP contribution in [0.4, 0.5) is 0 Å². The first kappa shape index (κ1) is 13.4. The Morgan fingerprint density at radius 1 is 1.35 bits per heavy atom. The van der Waals surface area contributed by atoms with Crippen LogP contribution in [0.15, 0.2) is 30.3 Å². The summed E-state index contributed by atoms with van der Waals surface area (Å²) in [7, 11) is 1.94. The number of nitrogens with zero attached hydrogens (tertiary/aromatic N) is 1. The van der Waals surface area contributed by atoms with Crippen LogP contribution in [0.2, 0.25) is 0 Å². The summed E-state index contributed by atoms with van der Waals surface area (Å²) < 4.78 is 0. The zero-order chi connectivity index (χ0) is 12.7. The summed E-state index contributed by atoms with van der Waals surface area (Å²) in [6.07, 6.45) is 2.68. The molecule has 0 atom stereocenters. The van der Waals surface area contributed by atoms with E-state index in [1.807, 2.05) is 36.2 Å². The van der Waals surface area contributed by atoms with Gasteiger partial charge in [0.15, 0.2) is 0 Å². The van der Waals surface area contributed by atoms with Crippen LogP contribution in [0.25, 0.3) is 6.08 Å². The number of hydrogen-bond donors (Lipinski definition) is 2.